The smallest absolute Gasteiger partial charge is 0.0733 e. The molecule has 0 aliphatic carbocycles. The third-order valence-corrected chi connectivity index (χ3v) is 3.70. The first kappa shape index (κ1) is 13.9. The van der Waals surface area contributed by atoms with E-state index in [1.165, 1.54) is 0 Å². The van der Waals surface area contributed by atoms with Crippen molar-refractivity contribution in [3.8, 4) is 0 Å². The molecule has 16 heavy (non-hydrogen) atoms. The van der Waals surface area contributed by atoms with Gasteiger partial charge in [-0.2, -0.15) is 0 Å². The van der Waals surface area contributed by atoms with Gasteiger partial charge in [-0.25, -0.2) is 0 Å². The Morgan fingerprint density at radius 2 is 1.88 bits per heavy atom. The molecule has 2 atom stereocenters. The fourth-order valence-corrected chi connectivity index (χ4v) is 2.38. The maximum absolute atomic E-state index is 10.0. The van der Waals surface area contributed by atoms with E-state index in [0.29, 0.717) is 5.92 Å². The van der Waals surface area contributed by atoms with E-state index >= 15 is 0 Å². The minimum Gasteiger partial charge on any atom is -0.391 e. The van der Waals surface area contributed by atoms with Gasteiger partial charge in [0, 0.05) is 3.57 Å². The Morgan fingerprint density at radius 1 is 1.25 bits per heavy atom. The molecule has 0 amide bonds. The molecule has 0 radical (unpaired) electrons. The Balaban J connectivity index is 2.63. The lowest BCUT2D eigenvalue weighted by atomic mass is 9.96. The predicted molar refractivity (Wildman–Crippen MR) is 76.2 cm³/mol. The lowest BCUT2D eigenvalue weighted by Gasteiger charge is -2.21. The van der Waals surface area contributed by atoms with Gasteiger partial charge in [-0.1, -0.05) is 32.0 Å². The van der Waals surface area contributed by atoms with Crippen molar-refractivity contribution in [1.29, 1.82) is 0 Å². The summed E-state index contributed by atoms with van der Waals surface area (Å²) in [6.45, 7) is 4.31. The second-order valence-electron chi connectivity index (χ2n) is 4.59. The van der Waals surface area contributed by atoms with Crippen LogP contribution in [0.2, 0.25) is 0 Å². The molecular formula is C13H20INO. The van der Waals surface area contributed by atoms with Gasteiger partial charge in [0.2, 0.25) is 0 Å². The van der Waals surface area contributed by atoms with Crippen LogP contribution in [0.15, 0.2) is 24.3 Å². The summed E-state index contributed by atoms with van der Waals surface area (Å²) in [5.74, 6) is 0.608. The molecule has 1 rings (SSSR count). The molecule has 90 valence electrons. The lowest BCUT2D eigenvalue weighted by Crippen LogP contribution is -2.27. The molecule has 0 aromatic heterocycles. The highest BCUT2D eigenvalue weighted by atomic mass is 127. The van der Waals surface area contributed by atoms with Crippen molar-refractivity contribution in [1.82, 2.24) is 0 Å². The summed E-state index contributed by atoms with van der Waals surface area (Å²) in [5.41, 5.74) is 7.11. The highest BCUT2D eigenvalue weighted by molar-refractivity contribution is 14.1. The number of rotatable bonds is 5. The van der Waals surface area contributed by atoms with E-state index < -0.39 is 6.10 Å². The topological polar surface area (TPSA) is 46.2 Å². The van der Waals surface area contributed by atoms with Crippen molar-refractivity contribution >= 4 is 22.6 Å². The van der Waals surface area contributed by atoms with Crippen molar-refractivity contribution in [2.45, 2.75) is 38.8 Å². The Kier molecular flexibility index (Phi) is 5.72. The van der Waals surface area contributed by atoms with Crippen LogP contribution in [0.1, 0.15) is 38.3 Å². The number of hydrogen-bond acceptors (Lipinski definition) is 2. The molecule has 0 aliphatic rings. The molecule has 0 bridgehead atoms. The van der Waals surface area contributed by atoms with Crippen LogP contribution in [0.4, 0.5) is 0 Å². The molecule has 0 saturated carbocycles. The van der Waals surface area contributed by atoms with Crippen molar-refractivity contribution in [2.24, 2.45) is 11.7 Å². The van der Waals surface area contributed by atoms with E-state index in [2.05, 4.69) is 36.4 Å². The summed E-state index contributed by atoms with van der Waals surface area (Å²) >= 11 is 2.26. The summed E-state index contributed by atoms with van der Waals surface area (Å²) < 4.78 is 1.12. The van der Waals surface area contributed by atoms with Gasteiger partial charge in [0.15, 0.2) is 0 Å². The van der Waals surface area contributed by atoms with Gasteiger partial charge in [0.25, 0.3) is 0 Å². The Labute approximate surface area is 111 Å². The molecule has 3 heteroatoms. The zero-order valence-corrected chi connectivity index (χ0v) is 12.0. The van der Waals surface area contributed by atoms with Gasteiger partial charge in [0.1, 0.15) is 0 Å². The zero-order chi connectivity index (χ0) is 12.1. The second-order valence-corrected chi connectivity index (χ2v) is 5.75. The minimum absolute atomic E-state index is 0.271. The lowest BCUT2D eigenvalue weighted by molar-refractivity contribution is 0.128. The first-order valence-corrected chi connectivity index (χ1v) is 6.78. The van der Waals surface area contributed by atoms with E-state index in [0.717, 1.165) is 22.0 Å². The molecular weight excluding hydrogens is 313 g/mol. The maximum atomic E-state index is 10.0. The summed E-state index contributed by atoms with van der Waals surface area (Å²) in [7, 11) is 0. The molecule has 0 unspecified atom stereocenters. The number of aliphatic hydroxyl groups excluding tert-OH is 1. The van der Waals surface area contributed by atoms with Crippen molar-refractivity contribution in [3.63, 3.8) is 0 Å². The number of nitrogens with two attached hydrogens (primary N) is 1. The van der Waals surface area contributed by atoms with Gasteiger partial charge >= 0.3 is 0 Å². The highest BCUT2D eigenvalue weighted by Crippen LogP contribution is 2.23. The summed E-state index contributed by atoms with van der Waals surface area (Å²) in [6.07, 6.45) is 1.33. The minimum atomic E-state index is -0.446. The van der Waals surface area contributed by atoms with Crippen LogP contribution >= 0.6 is 22.6 Å². The number of aliphatic hydroxyl groups is 1. The summed E-state index contributed by atoms with van der Waals surface area (Å²) in [5, 5.41) is 10.0. The quantitative estimate of drug-likeness (QED) is 0.814. The van der Waals surface area contributed by atoms with Crippen molar-refractivity contribution in [2.75, 3.05) is 0 Å². The Hall–Kier alpha value is -0.130. The number of benzene rings is 1. The van der Waals surface area contributed by atoms with Crippen LogP contribution in [0.25, 0.3) is 0 Å². The largest absolute Gasteiger partial charge is 0.391 e. The monoisotopic (exact) mass is 333 g/mol. The summed E-state index contributed by atoms with van der Waals surface area (Å²) in [6, 6.07) is 7.69. The first-order valence-electron chi connectivity index (χ1n) is 5.70. The molecule has 0 aliphatic heterocycles. The van der Waals surface area contributed by atoms with E-state index in [1.54, 1.807) is 0 Å². The molecule has 0 heterocycles. The van der Waals surface area contributed by atoms with Crippen molar-refractivity contribution in [3.05, 3.63) is 33.4 Å². The van der Waals surface area contributed by atoms with Gasteiger partial charge in [0.05, 0.1) is 12.1 Å². The van der Waals surface area contributed by atoms with Crippen LogP contribution in [-0.4, -0.2) is 11.2 Å². The average molecular weight is 333 g/mol. The van der Waals surface area contributed by atoms with Gasteiger partial charge in [-0.15, -0.1) is 0 Å². The normalized spacial score (nSPS) is 15.1. The molecule has 2 nitrogen and oxygen atoms in total. The third-order valence-electron chi connectivity index (χ3n) is 2.72. The molecule has 0 fully saturated rings. The number of hydrogen-bond donors (Lipinski definition) is 2. The summed E-state index contributed by atoms with van der Waals surface area (Å²) in [4.78, 5) is 0. The second kappa shape index (κ2) is 6.57. The van der Waals surface area contributed by atoms with Crippen LogP contribution in [0.3, 0.4) is 0 Å². The van der Waals surface area contributed by atoms with Crippen LogP contribution in [0.5, 0.6) is 0 Å². The van der Waals surface area contributed by atoms with E-state index in [1.807, 2.05) is 24.3 Å². The first-order chi connectivity index (χ1) is 7.52. The zero-order valence-electron chi connectivity index (χ0n) is 9.86. The van der Waals surface area contributed by atoms with Gasteiger partial charge in [-0.3, -0.25) is 0 Å². The van der Waals surface area contributed by atoms with Crippen LogP contribution in [0, 0.1) is 9.49 Å². The SMILES string of the molecule is CC(C)CC[C@@H](O)[C@@H](N)c1ccccc1I. The molecule has 0 spiro atoms. The van der Waals surface area contributed by atoms with Gasteiger partial charge in [-0.05, 0) is 53.0 Å². The molecule has 0 saturated heterocycles. The molecule has 3 N–H and O–H groups in total. The molecule has 1 aromatic carbocycles. The number of halogens is 1. The predicted octanol–water partition coefficient (Wildman–Crippen LogP) is 3.09. The molecule has 1 aromatic rings. The fraction of sp³-hybridized carbons (Fsp3) is 0.538. The Morgan fingerprint density at radius 3 is 2.44 bits per heavy atom. The fourth-order valence-electron chi connectivity index (χ4n) is 1.64. The Bertz CT molecular complexity index is 327. The third kappa shape index (κ3) is 4.03. The van der Waals surface area contributed by atoms with Gasteiger partial charge < -0.3 is 10.8 Å². The standard InChI is InChI=1S/C13H20INO/c1-9(2)7-8-12(16)13(15)10-5-3-4-6-11(10)14/h3-6,9,12-13,16H,7-8,15H2,1-2H3/t12-,13+/m1/s1. The average Bonchev–Trinajstić information content (AvgIpc) is 2.25. The highest BCUT2D eigenvalue weighted by Gasteiger charge is 2.18. The van der Waals surface area contributed by atoms with Crippen molar-refractivity contribution < 1.29 is 5.11 Å². The van der Waals surface area contributed by atoms with E-state index in [-0.39, 0.29) is 6.04 Å². The van der Waals surface area contributed by atoms with Crippen LogP contribution < -0.4 is 5.73 Å². The van der Waals surface area contributed by atoms with E-state index in [4.69, 9.17) is 5.73 Å². The van der Waals surface area contributed by atoms with Crippen LogP contribution in [-0.2, 0) is 0 Å². The van der Waals surface area contributed by atoms with E-state index in [9.17, 15) is 5.11 Å². The maximum Gasteiger partial charge on any atom is 0.0733 e.